The van der Waals surface area contributed by atoms with E-state index in [-0.39, 0.29) is 5.91 Å². The lowest BCUT2D eigenvalue weighted by Gasteiger charge is -2.11. The van der Waals surface area contributed by atoms with Gasteiger partial charge in [-0.15, -0.1) is 0 Å². The lowest BCUT2D eigenvalue weighted by Crippen LogP contribution is -2.13. The van der Waals surface area contributed by atoms with E-state index in [9.17, 15) is 4.79 Å². The summed E-state index contributed by atoms with van der Waals surface area (Å²) in [4.78, 5) is 12.2. The fraction of sp³-hybridized carbons (Fsp3) is 0.0714. The van der Waals surface area contributed by atoms with Gasteiger partial charge in [0.2, 0.25) is 0 Å². The molecule has 19 heavy (non-hydrogen) atoms. The van der Waals surface area contributed by atoms with E-state index in [2.05, 4.69) is 21.2 Å². The minimum Gasteiger partial charge on any atom is -0.495 e. The van der Waals surface area contributed by atoms with Gasteiger partial charge in [0, 0.05) is 9.50 Å². The summed E-state index contributed by atoms with van der Waals surface area (Å²) >= 11 is 9.26. The van der Waals surface area contributed by atoms with E-state index in [0.717, 1.165) is 4.47 Å². The molecule has 3 nitrogen and oxygen atoms in total. The predicted molar refractivity (Wildman–Crippen MR) is 80.1 cm³/mol. The Hall–Kier alpha value is -1.52. The largest absolute Gasteiger partial charge is 0.495 e. The van der Waals surface area contributed by atoms with Crippen molar-refractivity contribution < 1.29 is 9.53 Å². The maximum atomic E-state index is 12.2. The predicted octanol–water partition coefficient (Wildman–Crippen LogP) is 4.36. The van der Waals surface area contributed by atoms with Gasteiger partial charge in [-0.1, -0.05) is 23.7 Å². The number of halogens is 2. The summed E-state index contributed by atoms with van der Waals surface area (Å²) < 4.78 is 5.91. The van der Waals surface area contributed by atoms with E-state index in [0.29, 0.717) is 22.0 Å². The fourth-order valence-corrected chi connectivity index (χ4v) is 2.25. The van der Waals surface area contributed by atoms with Gasteiger partial charge in [0.15, 0.2) is 0 Å². The van der Waals surface area contributed by atoms with Crippen LogP contribution in [0.1, 0.15) is 10.4 Å². The third kappa shape index (κ3) is 3.28. The zero-order valence-corrected chi connectivity index (χ0v) is 12.5. The number of methoxy groups -OCH3 is 1. The molecule has 1 N–H and O–H groups in total. The Morgan fingerprint density at radius 1 is 1.26 bits per heavy atom. The van der Waals surface area contributed by atoms with Crippen molar-refractivity contribution in [3.8, 4) is 5.75 Å². The van der Waals surface area contributed by atoms with Gasteiger partial charge in [-0.05, 0) is 46.3 Å². The SMILES string of the molecule is COc1ccc(Cl)cc1NC(=O)c1ccccc1Br. The van der Waals surface area contributed by atoms with Crippen LogP contribution in [0.5, 0.6) is 5.75 Å². The van der Waals surface area contributed by atoms with Crippen molar-refractivity contribution in [1.29, 1.82) is 0 Å². The van der Waals surface area contributed by atoms with Gasteiger partial charge in [0.1, 0.15) is 5.75 Å². The fourth-order valence-electron chi connectivity index (χ4n) is 1.61. The number of hydrogen-bond donors (Lipinski definition) is 1. The van der Waals surface area contributed by atoms with Crippen LogP contribution in [0.4, 0.5) is 5.69 Å². The summed E-state index contributed by atoms with van der Waals surface area (Å²) in [6.07, 6.45) is 0. The molecule has 0 aliphatic rings. The minimum absolute atomic E-state index is 0.229. The second kappa shape index (κ2) is 6.08. The Kier molecular flexibility index (Phi) is 4.45. The zero-order chi connectivity index (χ0) is 13.8. The van der Waals surface area contributed by atoms with Crippen molar-refractivity contribution in [3.63, 3.8) is 0 Å². The zero-order valence-electron chi connectivity index (χ0n) is 10.1. The Morgan fingerprint density at radius 2 is 2.00 bits per heavy atom. The first kappa shape index (κ1) is 13.9. The minimum atomic E-state index is -0.229. The first-order chi connectivity index (χ1) is 9.11. The van der Waals surface area contributed by atoms with Gasteiger partial charge in [-0.3, -0.25) is 4.79 Å². The molecule has 0 saturated carbocycles. The number of carbonyl (C=O) groups is 1. The Morgan fingerprint density at radius 3 is 2.68 bits per heavy atom. The maximum absolute atomic E-state index is 12.2. The van der Waals surface area contributed by atoms with Gasteiger partial charge < -0.3 is 10.1 Å². The molecule has 1 amide bonds. The highest BCUT2D eigenvalue weighted by molar-refractivity contribution is 9.10. The molecule has 0 aliphatic heterocycles. The van der Waals surface area contributed by atoms with Crippen molar-refractivity contribution in [2.24, 2.45) is 0 Å². The first-order valence-electron chi connectivity index (χ1n) is 5.51. The average molecular weight is 341 g/mol. The average Bonchev–Trinajstić information content (AvgIpc) is 2.39. The van der Waals surface area contributed by atoms with Crippen LogP contribution in [0, 0.1) is 0 Å². The van der Waals surface area contributed by atoms with Crippen LogP contribution in [0.3, 0.4) is 0 Å². The number of hydrogen-bond acceptors (Lipinski definition) is 2. The molecule has 0 aliphatic carbocycles. The van der Waals surface area contributed by atoms with Gasteiger partial charge >= 0.3 is 0 Å². The van der Waals surface area contributed by atoms with Gasteiger partial charge in [0.05, 0.1) is 18.4 Å². The second-order valence-corrected chi connectivity index (χ2v) is 5.07. The molecule has 0 spiro atoms. The van der Waals surface area contributed by atoms with Gasteiger partial charge in [0.25, 0.3) is 5.91 Å². The molecule has 0 radical (unpaired) electrons. The molecule has 2 rings (SSSR count). The molecule has 0 heterocycles. The number of rotatable bonds is 3. The molecule has 2 aromatic carbocycles. The van der Waals surface area contributed by atoms with Crippen LogP contribution < -0.4 is 10.1 Å². The smallest absolute Gasteiger partial charge is 0.256 e. The molecule has 0 bridgehead atoms. The Bertz CT molecular complexity index is 616. The summed E-state index contributed by atoms with van der Waals surface area (Å²) in [6, 6.07) is 12.2. The van der Waals surface area contributed by atoms with Crippen molar-refractivity contribution in [1.82, 2.24) is 0 Å². The van der Waals surface area contributed by atoms with Crippen molar-refractivity contribution in [3.05, 3.63) is 57.5 Å². The highest BCUT2D eigenvalue weighted by Gasteiger charge is 2.12. The van der Waals surface area contributed by atoms with Crippen molar-refractivity contribution in [2.75, 3.05) is 12.4 Å². The summed E-state index contributed by atoms with van der Waals surface area (Å²) in [6.45, 7) is 0. The van der Waals surface area contributed by atoms with Crippen molar-refractivity contribution >= 4 is 39.1 Å². The quantitative estimate of drug-likeness (QED) is 0.901. The molecule has 0 aromatic heterocycles. The number of benzene rings is 2. The number of nitrogens with one attached hydrogen (secondary N) is 1. The molecule has 5 heteroatoms. The van der Waals surface area contributed by atoms with E-state index in [1.54, 1.807) is 30.3 Å². The Balaban J connectivity index is 2.29. The summed E-state index contributed by atoms with van der Waals surface area (Å²) in [7, 11) is 1.54. The normalized spacial score (nSPS) is 10.1. The van der Waals surface area contributed by atoms with Crippen LogP contribution in [0.25, 0.3) is 0 Å². The third-order valence-corrected chi connectivity index (χ3v) is 3.45. The van der Waals surface area contributed by atoms with Crippen LogP contribution in [-0.2, 0) is 0 Å². The molecule has 0 fully saturated rings. The van der Waals surface area contributed by atoms with Gasteiger partial charge in [-0.2, -0.15) is 0 Å². The number of carbonyl (C=O) groups excluding carboxylic acids is 1. The van der Waals surface area contributed by atoms with Crippen LogP contribution in [0.2, 0.25) is 5.02 Å². The molecule has 0 unspecified atom stereocenters. The van der Waals surface area contributed by atoms with Gasteiger partial charge in [-0.25, -0.2) is 0 Å². The lowest BCUT2D eigenvalue weighted by atomic mass is 10.2. The molecular formula is C14H11BrClNO2. The summed E-state index contributed by atoms with van der Waals surface area (Å²) in [5, 5.41) is 3.31. The topological polar surface area (TPSA) is 38.3 Å². The monoisotopic (exact) mass is 339 g/mol. The van der Waals surface area contributed by atoms with E-state index in [1.165, 1.54) is 7.11 Å². The lowest BCUT2D eigenvalue weighted by molar-refractivity contribution is 0.102. The highest BCUT2D eigenvalue weighted by atomic mass is 79.9. The van der Waals surface area contributed by atoms with Crippen LogP contribution in [-0.4, -0.2) is 13.0 Å². The summed E-state index contributed by atoms with van der Waals surface area (Å²) in [5.41, 5.74) is 1.08. The van der Waals surface area contributed by atoms with E-state index < -0.39 is 0 Å². The molecule has 0 saturated heterocycles. The van der Waals surface area contributed by atoms with Crippen LogP contribution in [0.15, 0.2) is 46.9 Å². The number of anilines is 1. The third-order valence-electron chi connectivity index (χ3n) is 2.53. The van der Waals surface area contributed by atoms with Crippen LogP contribution >= 0.6 is 27.5 Å². The van der Waals surface area contributed by atoms with E-state index in [4.69, 9.17) is 16.3 Å². The summed E-state index contributed by atoms with van der Waals surface area (Å²) in [5.74, 6) is 0.331. The number of amides is 1. The van der Waals surface area contributed by atoms with Crippen molar-refractivity contribution in [2.45, 2.75) is 0 Å². The highest BCUT2D eigenvalue weighted by Crippen LogP contribution is 2.28. The first-order valence-corrected chi connectivity index (χ1v) is 6.68. The second-order valence-electron chi connectivity index (χ2n) is 3.78. The maximum Gasteiger partial charge on any atom is 0.256 e. The number of ether oxygens (including phenoxy) is 1. The molecular weight excluding hydrogens is 330 g/mol. The van der Waals surface area contributed by atoms with E-state index >= 15 is 0 Å². The van der Waals surface area contributed by atoms with E-state index in [1.807, 2.05) is 12.1 Å². The molecule has 98 valence electrons. The molecule has 2 aromatic rings. The standard InChI is InChI=1S/C14H11BrClNO2/c1-19-13-7-6-9(16)8-12(13)17-14(18)10-4-2-3-5-11(10)15/h2-8H,1H3,(H,17,18). The molecule has 0 atom stereocenters. The Labute approximate surface area is 124 Å².